The fourth-order valence-corrected chi connectivity index (χ4v) is 4.62. The van der Waals surface area contributed by atoms with Crippen molar-refractivity contribution >= 4 is 38.7 Å². The highest BCUT2D eigenvalue weighted by atomic mass is 79.9. The summed E-state index contributed by atoms with van der Waals surface area (Å²) in [5.74, 6) is -0.464. The fraction of sp³-hybridized carbons (Fsp3) is 0.385. The van der Waals surface area contributed by atoms with Gasteiger partial charge in [0.2, 0.25) is 5.91 Å². The van der Waals surface area contributed by atoms with Crippen molar-refractivity contribution in [3.05, 3.63) is 58.2 Å². The highest BCUT2D eigenvalue weighted by Gasteiger charge is 2.34. The van der Waals surface area contributed by atoms with Gasteiger partial charge in [0, 0.05) is 46.1 Å². The van der Waals surface area contributed by atoms with E-state index in [-0.39, 0.29) is 31.5 Å². The molecule has 0 saturated heterocycles. The first-order valence-electron chi connectivity index (χ1n) is 11.6. The van der Waals surface area contributed by atoms with Gasteiger partial charge >= 0.3 is 12.1 Å². The molecule has 0 atom stereocenters. The number of nitrogens with zero attached hydrogens (tertiary/aromatic N) is 2. The summed E-state index contributed by atoms with van der Waals surface area (Å²) >= 11 is 3.47. The van der Waals surface area contributed by atoms with Crippen LogP contribution in [0.1, 0.15) is 37.8 Å². The number of esters is 1. The Morgan fingerprint density at radius 2 is 1.86 bits per heavy atom. The van der Waals surface area contributed by atoms with Gasteiger partial charge in [0.15, 0.2) is 0 Å². The highest BCUT2D eigenvalue weighted by molar-refractivity contribution is 9.10. The van der Waals surface area contributed by atoms with Crippen LogP contribution in [0, 0.1) is 5.92 Å². The van der Waals surface area contributed by atoms with Gasteiger partial charge in [-0.3, -0.25) is 9.59 Å². The second-order valence-corrected chi connectivity index (χ2v) is 9.55. The van der Waals surface area contributed by atoms with Crippen molar-refractivity contribution in [1.29, 1.82) is 0 Å². The van der Waals surface area contributed by atoms with E-state index in [0.29, 0.717) is 23.2 Å². The number of fused-ring (bicyclic) bond motifs is 1. The zero-order valence-corrected chi connectivity index (χ0v) is 21.1. The number of rotatable bonds is 8. The van der Waals surface area contributed by atoms with Crippen molar-refractivity contribution in [2.45, 2.75) is 46.0 Å². The lowest BCUT2D eigenvalue weighted by Gasteiger charge is -2.23. The van der Waals surface area contributed by atoms with E-state index < -0.39 is 17.7 Å². The molecule has 0 unspecified atom stereocenters. The molecule has 0 spiro atoms. The summed E-state index contributed by atoms with van der Waals surface area (Å²) in [6.07, 6.45) is -1.11. The smallest absolute Gasteiger partial charge is 0.416 e. The summed E-state index contributed by atoms with van der Waals surface area (Å²) in [5, 5.41) is 0.779. The largest absolute Gasteiger partial charge is 0.465 e. The molecule has 186 valence electrons. The number of aromatic nitrogens is 1. The highest BCUT2D eigenvalue weighted by Crippen LogP contribution is 2.39. The van der Waals surface area contributed by atoms with Crippen LogP contribution in [0.4, 0.5) is 13.2 Å². The predicted molar refractivity (Wildman–Crippen MR) is 131 cm³/mol. The Labute approximate surface area is 210 Å². The third kappa shape index (κ3) is 5.55. The normalized spacial score (nSPS) is 13.8. The van der Waals surface area contributed by atoms with Crippen molar-refractivity contribution < 1.29 is 27.5 Å². The first-order chi connectivity index (χ1) is 16.6. The number of alkyl halides is 3. The third-order valence-electron chi connectivity index (χ3n) is 6.15. The van der Waals surface area contributed by atoms with Crippen LogP contribution in [-0.4, -0.2) is 34.5 Å². The summed E-state index contributed by atoms with van der Waals surface area (Å²) in [6, 6.07) is 9.21. The molecule has 9 heteroatoms. The molecule has 0 bridgehead atoms. The van der Waals surface area contributed by atoms with E-state index in [0.717, 1.165) is 40.4 Å². The predicted octanol–water partition coefficient (Wildman–Crippen LogP) is 6.41. The molecule has 2 aromatic carbocycles. The summed E-state index contributed by atoms with van der Waals surface area (Å²) in [5.41, 5.74) is 1.67. The summed E-state index contributed by atoms with van der Waals surface area (Å²) < 4.78 is 48.4. The lowest BCUT2D eigenvalue weighted by Crippen LogP contribution is -2.31. The van der Waals surface area contributed by atoms with E-state index >= 15 is 0 Å². The zero-order chi connectivity index (χ0) is 25.3. The van der Waals surface area contributed by atoms with Gasteiger partial charge in [-0.15, -0.1) is 0 Å². The van der Waals surface area contributed by atoms with Gasteiger partial charge in [-0.1, -0.05) is 22.0 Å². The SMILES string of the molecule is CCOC(=O)Cn1cc(-c2ccc(C(F)(F)F)cc2CN(CC)C(=O)C2CC2)c2cc(Br)ccc21. The Kier molecular flexibility index (Phi) is 7.26. The molecule has 1 aromatic heterocycles. The van der Waals surface area contributed by atoms with Crippen molar-refractivity contribution in [3.8, 4) is 11.1 Å². The number of halogens is 4. The first kappa shape index (κ1) is 25.3. The van der Waals surface area contributed by atoms with Gasteiger partial charge < -0.3 is 14.2 Å². The molecule has 1 heterocycles. The molecular weight excluding hydrogens is 525 g/mol. The fourth-order valence-electron chi connectivity index (χ4n) is 4.26. The topological polar surface area (TPSA) is 51.5 Å². The van der Waals surface area contributed by atoms with Crippen LogP contribution in [0.5, 0.6) is 0 Å². The van der Waals surface area contributed by atoms with Crippen molar-refractivity contribution in [3.63, 3.8) is 0 Å². The molecule has 4 rings (SSSR count). The van der Waals surface area contributed by atoms with Crippen LogP contribution < -0.4 is 0 Å². The van der Waals surface area contributed by atoms with E-state index in [1.165, 1.54) is 6.07 Å². The molecule has 35 heavy (non-hydrogen) atoms. The molecule has 3 aromatic rings. The van der Waals surface area contributed by atoms with Crippen molar-refractivity contribution in [1.82, 2.24) is 9.47 Å². The number of hydrogen-bond donors (Lipinski definition) is 0. The number of benzene rings is 2. The minimum Gasteiger partial charge on any atom is -0.465 e. The number of ether oxygens (including phenoxy) is 1. The molecule has 1 fully saturated rings. The Hall–Kier alpha value is -2.81. The Morgan fingerprint density at radius 1 is 1.11 bits per heavy atom. The van der Waals surface area contributed by atoms with Gasteiger partial charge in [0.1, 0.15) is 6.54 Å². The zero-order valence-electron chi connectivity index (χ0n) is 19.5. The monoisotopic (exact) mass is 550 g/mol. The van der Waals surface area contributed by atoms with E-state index in [1.54, 1.807) is 22.6 Å². The summed E-state index contributed by atoms with van der Waals surface area (Å²) in [6.45, 7) is 4.26. The van der Waals surface area contributed by atoms with Crippen LogP contribution in [-0.2, 0) is 33.6 Å². The van der Waals surface area contributed by atoms with E-state index in [2.05, 4.69) is 15.9 Å². The molecule has 0 aliphatic heterocycles. The second-order valence-electron chi connectivity index (χ2n) is 8.63. The minimum absolute atomic E-state index is 0.0246. The number of carbonyl (C=O) groups excluding carboxylic acids is 2. The van der Waals surface area contributed by atoms with Crippen LogP contribution in [0.3, 0.4) is 0 Å². The molecule has 1 saturated carbocycles. The van der Waals surface area contributed by atoms with Crippen LogP contribution >= 0.6 is 15.9 Å². The minimum atomic E-state index is -4.51. The van der Waals surface area contributed by atoms with Crippen LogP contribution in [0.15, 0.2) is 47.1 Å². The third-order valence-corrected chi connectivity index (χ3v) is 6.65. The Morgan fingerprint density at radius 3 is 2.49 bits per heavy atom. The molecule has 1 amide bonds. The van der Waals surface area contributed by atoms with E-state index in [1.807, 2.05) is 25.1 Å². The van der Waals surface area contributed by atoms with Gasteiger partial charge in [0.25, 0.3) is 0 Å². The first-order valence-corrected chi connectivity index (χ1v) is 12.3. The lowest BCUT2D eigenvalue weighted by atomic mass is 9.96. The second kappa shape index (κ2) is 10.0. The molecule has 1 aliphatic carbocycles. The quantitative estimate of drug-likeness (QED) is 0.304. The maximum Gasteiger partial charge on any atom is 0.416 e. The molecule has 1 aliphatic rings. The van der Waals surface area contributed by atoms with Crippen LogP contribution in [0.2, 0.25) is 0 Å². The number of hydrogen-bond acceptors (Lipinski definition) is 3. The number of carbonyl (C=O) groups is 2. The number of amides is 1. The Balaban J connectivity index is 1.85. The van der Waals surface area contributed by atoms with Crippen molar-refractivity contribution in [2.75, 3.05) is 13.2 Å². The summed E-state index contributed by atoms with van der Waals surface area (Å²) in [7, 11) is 0. The Bertz CT molecular complexity index is 1260. The summed E-state index contributed by atoms with van der Waals surface area (Å²) in [4.78, 5) is 26.6. The maximum atomic E-state index is 13.6. The lowest BCUT2D eigenvalue weighted by molar-refractivity contribution is -0.143. The molecular formula is C26H26BrF3N2O3. The van der Waals surface area contributed by atoms with Crippen LogP contribution in [0.25, 0.3) is 22.0 Å². The van der Waals surface area contributed by atoms with Gasteiger partial charge in [-0.25, -0.2) is 0 Å². The van der Waals surface area contributed by atoms with E-state index in [4.69, 9.17) is 4.74 Å². The standard InChI is InChI=1S/C26H26BrF3N2O3/c1-3-31(25(34)16-5-6-16)13-17-11-18(26(28,29)30)7-9-20(17)22-14-32(15-24(33)35-4-2)23-10-8-19(27)12-21(22)23/h7-12,14,16H,3-6,13,15H2,1-2H3. The molecule has 0 N–H and O–H groups in total. The maximum absolute atomic E-state index is 13.6. The van der Waals surface area contributed by atoms with Gasteiger partial charge in [0.05, 0.1) is 12.2 Å². The van der Waals surface area contributed by atoms with Gasteiger partial charge in [-0.2, -0.15) is 13.2 Å². The average Bonchev–Trinajstić information content (AvgIpc) is 3.60. The van der Waals surface area contributed by atoms with Crippen molar-refractivity contribution in [2.24, 2.45) is 5.92 Å². The molecule has 0 radical (unpaired) electrons. The molecule has 5 nitrogen and oxygen atoms in total. The average molecular weight is 551 g/mol. The van der Waals surface area contributed by atoms with E-state index in [9.17, 15) is 22.8 Å². The van der Waals surface area contributed by atoms with Gasteiger partial charge in [-0.05, 0) is 68.1 Å².